The highest BCUT2D eigenvalue weighted by Gasteiger charge is 2.30. The number of nitrogens with one attached hydrogen (secondary N) is 1. The highest BCUT2D eigenvalue weighted by atomic mass is 35.5. The predicted molar refractivity (Wildman–Crippen MR) is 144 cm³/mol. The summed E-state index contributed by atoms with van der Waals surface area (Å²) in [6.07, 6.45) is 3.77. The molecule has 1 aliphatic carbocycles. The van der Waals surface area contributed by atoms with Crippen molar-refractivity contribution in [2.45, 2.75) is 65.6 Å². The fraction of sp³-hybridized carbons (Fsp3) is 0.536. The maximum atomic E-state index is 10.0. The van der Waals surface area contributed by atoms with Crippen molar-refractivity contribution >= 4 is 11.6 Å². The highest BCUT2D eigenvalue weighted by molar-refractivity contribution is 6.33. The molecule has 0 spiro atoms. The molecule has 9 heteroatoms. The summed E-state index contributed by atoms with van der Waals surface area (Å²) < 4.78 is 17.4. The standard InChI is InChI=1S/C28H37ClN4O4/c1-6-35-25-9-7-8-19(25)12-24-16(2)27(26-17(3)33-37-18(26)4)32-28(31-24)22-13-21(10-11-23(22)29)36-15-20(34)14-30-5/h10-11,13,19-20,25,30,34H,6-9,12,14-15H2,1-5H3/t19-,20-,25+/m1/s1. The molecule has 2 heterocycles. The first kappa shape index (κ1) is 27.5. The molecule has 1 fully saturated rings. The van der Waals surface area contributed by atoms with E-state index >= 15 is 0 Å². The lowest BCUT2D eigenvalue weighted by molar-refractivity contribution is 0.0360. The maximum absolute atomic E-state index is 10.0. The first-order valence-electron chi connectivity index (χ1n) is 13.0. The molecule has 0 aliphatic heterocycles. The van der Waals surface area contributed by atoms with Gasteiger partial charge >= 0.3 is 0 Å². The van der Waals surface area contributed by atoms with Gasteiger partial charge in [0.15, 0.2) is 5.82 Å². The molecule has 0 amide bonds. The normalized spacial score (nSPS) is 18.4. The lowest BCUT2D eigenvalue weighted by Gasteiger charge is -2.21. The molecule has 0 radical (unpaired) electrons. The molecule has 3 aromatic rings. The lowest BCUT2D eigenvalue weighted by atomic mass is 9.94. The van der Waals surface area contributed by atoms with Crippen molar-refractivity contribution in [1.29, 1.82) is 0 Å². The Bertz CT molecular complexity index is 1200. The zero-order valence-electron chi connectivity index (χ0n) is 22.3. The van der Waals surface area contributed by atoms with Gasteiger partial charge in [0.2, 0.25) is 0 Å². The van der Waals surface area contributed by atoms with E-state index in [2.05, 4.69) is 17.4 Å². The van der Waals surface area contributed by atoms with Crippen molar-refractivity contribution in [2.75, 3.05) is 26.8 Å². The molecule has 1 aromatic carbocycles. The second-order valence-corrected chi connectivity index (χ2v) is 10.1. The van der Waals surface area contributed by atoms with Gasteiger partial charge in [-0.3, -0.25) is 0 Å². The van der Waals surface area contributed by atoms with Gasteiger partial charge < -0.3 is 24.4 Å². The first-order chi connectivity index (χ1) is 17.8. The van der Waals surface area contributed by atoms with Crippen LogP contribution in [-0.2, 0) is 11.2 Å². The molecule has 37 heavy (non-hydrogen) atoms. The number of nitrogens with zero attached hydrogens (tertiary/aromatic N) is 3. The van der Waals surface area contributed by atoms with Crippen LogP contribution >= 0.6 is 11.6 Å². The van der Waals surface area contributed by atoms with Gasteiger partial charge in [0, 0.05) is 24.4 Å². The van der Waals surface area contributed by atoms with Crippen molar-refractivity contribution in [3.63, 3.8) is 0 Å². The summed E-state index contributed by atoms with van der Waals surface area (Å²) in [5.74, 6) is 2.22. The molecular weight excluding hydrogens is 492 g/mol. The summed E-state index contributed by atoms with van der Waals surface area (Å²) in [5.41, 5.74) is 5.13. The van der Waals surface area contributed by atoms with E-state index in [1.54, 1.807) is 19.2 Å². The number of hydrogen-bond donors (Lipinski definition) is 2. The van der Waals surface area contributed by atoms with Gasteiger partial charge in [0.05, 0.1) is 28.1 Å². The highest BCUT2D eigenvalue weighted by Crippen LogP contribution is 2.37. The van der Waals surface area contributed by atoms with Crippen LogP contribution in [0.5, 0.6) is 5.75 Å². The number of benzene rings is 1. The molecule has 4 rings (SSSR count). The SMILES string of the molecule is CCO[C@H]1CCC[C@@H]1Cc1nc(-c2cc(OC[C@H](O)CNC)ccc2Cl)nc(-c2c(C)noc2C)c1C. The molecule has 2 N–H and O–H groups in total. The van der Waals surface area contributed by atoms with E-state index < -0.39 is 6.10 Å². The molecule has 2 aromatic heterocycles. The number of aliphatic hydroxyl groups excluding tert-OH is 1. The average molecular weight is 529 g/mol. The van der Waals surface area contributed by atoms with Gasteiger partial charge in [-0.1, -0.05) is 23.2 Å². The maximum Gasteiger partial charge on any atom is 0.161 e. The third-order valence-electron chi connectivity index (χ3n) is 7.00. The van der Waals surface area contributed by atoms with Crippen molar-refractivity contribution in [2.24, 2.45) is 5.92 Å². The van der Waals surface area contributed by atoms with Gasteiger partial charge in [-0.2, -0.15) is 0 Å². The van der Waals surface area contributed by atoms with Crippen molar-refractivity contribution in [1.82, 2.24) is 20.4 Å². The number of likely N-dealkylation sites (N-methyl/N-ethyl adjacent to an activating group) is 1. The Kier molecular flexibility index (Phi) is 9.18. The minimum absolute atomic E-state index is 0.159. The summed E-state index contributed by atoms with van der Waals surface area (Å²) in [7, 11) is 1.79. The van der Waals surface area contributed by atoms with Crippen molar-refractivity contribution in [3.05, 3.63) is 45.9 Å². The monoisotopic (exact) mass is 528 g/mol. The fourth-order valence-corrected chi connectivity index (χ4v) is 5.32. The van der Waals surface area contributed by atoms with E-state index in [0.717, 1.165) is 53.9 Å². The molecule has 0 bridgehead atoms. The van der Waals surface area contributed by atoms with Crippen LogP contribution < -0.4 is 10.1 Å². The van der Waals surface area contributed by atoms with Crippen molar-refractivity contribution < 1.29 is 19.1 Å². The Labute approximate surface area is 223 Å². The average Bonchev–Trinajstić information content (AvgIpc) is 3.45. The van der Waals surface area contributed by atoms with Crippen LogP contribution in [0.4, 0.5) is 0 Å². The largest absolute Gasteiger partial charge is 0.491 e. The van der Waals surface area contributed by atoms with E-state index in [-0.39, 0.29) is 12.7 Å². The Balaban J connectivity index is 1.76. The summed E-state index contributed by atoms with van der Waals surface area (Å²) >= 11 is 6.66. The Morgan fingerprint density at radius 1 is 1.22 bits per heavy atom. The fourth-order valence-electron chi connectivity index (χ4n) is 5.12. The quantitative estimate of drug-likeness (QED) is 0.355. The van der Waals surface area contributed by atoms with Crippen LogP contribution in [0.25, 0.3) is 22.6 Å². The number of rotatable bonds is 11. The third kappa shape index (κ3) is 6.32. The molecule has 200 valence electrons. The van der Waals surface area contributed by atoms with E-state index in [0.29, 0.717) is 47.0 Å². The number of aromatic nitrogens is 3. The van der Waals surface area contributed by atoms with Crippen LogP contribution in [0.1, 0.15) is 48.9 Å². The van der Waals surface area contributed by atoms with Crippen LogP contribution in [0, 0.1) is 26.7 Å². The summed E-state index contributed by atoms with van der Waals surface area (Å²) in [6, 6.07) is 5.39. The second kappa shape index (κ2) is 12.3. The molecule has 0 unspecified atom stereocenters. The van der Waals surface area contributed by atoms with Crippen LogP contribution in [0.3, 0.4) is 0 Å². The molecule has 1 saturated carbocycles. The second-order valence-electron chi connectivity index (χ2n) is 9.72. The van der Waals surface area contributed by atoms with Gasteiger partial charge in [0.1, 0.15) is 24.2 Å². The van der Waals surface area contributed by atoms with Gasteiger partial charge in [-0.05, 0) is 83.7 Å². The summed E-state index contributed by atoms with van der Waals surface area (Å²) in [4.78, 5) is 10.0. The number of hydrogen-bond acceptors (Lipinski definition) is 8. The molecule has 8 nitrogen and oxygen atoms in total. The van der Waals surface area contributed by atoms with Crippen molar-refractivity contribution in [3.8, 4) is 28.4 Å². The molecular formula is C28H37ClN4O4. The minimum Gasteiger partial charge on any atom is -0.491 e. The smallest absolute Gasteiger partial charge is 0.161 e. The van der Waals surface area contributed by atoms with Gasteiger partial charge in [-0.25, -0.2) is 9.97 Å². The Hall–Kier alpha value is -2.52. The van der Waals surface area contributed by atoms with Gasteiger partial charge in [0.25, 0.3) is 0 Å². The number of ether oxygens (including phenoxy) is 2. The predicted octanol–water partition coefficient (Wildman–Crippen LogP) is 5.08. The minimum atomic E-state index is -0.623. The lowest BCUT2D eigenvalue weighted by Crippen LogP contribution is -2.29. The molecule has 3 atom stereocenters. The Morgan fingerprint density at radius 3 is 2.73 bits per heavy atom. The van der Waals surface area contributed by atoms with Gasteiger partial charge in [-0.15, -0.1) is 0 Å². The Morgan fingerprint density at radius 2 is 2.03 bits per heavy atom. The third-order valence-corrected chi connectivity index (χ3v) is 7.33. The van der Waals surface area contributed by atoms with E-state index in [4.69, 9.17) is 35.6 Å². The zero-order chi connectivity index (χ0) is 26.5. The van der Waals surface area contributed by atoms with E-state index in [1.165, 1.54) is 0 Å². The molecule has 1 aliphatic rings. The zero-order valence-corrected chi connectivity index (χ0v) is 23.1. The van der Waals surface area contributed by atoms with Crippen LogP contribution in [0.2, 0.25) is 5.02 Å². The number of halogens is 1. The van der Waals surface area contributed by atoms with Crippen LogP contribution in [0.15, 0.2) is 22.7 Å². The first-order valence-corrected chi connectivity index (χ1v) is 13.4. The van der Waals surface area contributed by atoms with E-state index in [1.807, 2.05) is 26.8 Å². The number of aryl methyl sites for hydroxylation is 2. The number of aliphatic hydroxyl groups is 1. The summed E-state index contributed by atoms with van der Waals surface area (Å²) in [5, 5.41) is 17.7. The van der Waals surface area contributed by atoms with Crippen LogP contribution in [-0.4, -0.2) is 59.2 Å². The van der Waals surface area contributed by atoms with E-state index in [9.17, 15) is 5.11 Å². The molecule has 0 saturated heterocycles. The summed E-state index contributed by atoms with van der Waals surface area (Å²) in [6.45, 7) is 9.25. The topological polar surface area (TPSA) is 103 Å².